The van der Waals surface area contributed by atoms with E-state index in [9.17, 15) is 17.6 Å². The highest BCUT2D eigenvalue weighted by Gasteiger charge is 2.21. The van der Waals surface area contributed by atoms with E-state index in [1.807, 2.05) is 13.8 Å². The number of anilines is 1. The van der Waals surface area contributed by atoms with E-state index in [4.69, 9.17) is 13.7 Å². The molecule has 0 spiro atoms. The van der Waals surface area contributed by atoms with Crippen molar-refractivity contribution in [2.45, 2.75) is 25.3 Å². The number of hydrogen-bond acceptors (Lipinski definition) is 6. The van der Waals surface area contributed by atoms with Gasteiger partial charge in [-0.05, 0) is 53.9 Å². The first-order valence-electron chi connectivity index (χ1n) is 11.2. The monoisotopic (exact) mass is 516 g/mol. The van der Waals surface area contributed by atoms with Crippen molar-refractivity contribution in [1.29, 1.82) is 0 Å². The normalized spacial score (nSPS) is 11.2. The molecule has 1 N–H and O–H groups in total. The van der Waals surface area contributed by atoms with Crippen molar-refractivity contribution in [2.75, 3.05) is 26.1 Å². The van der Waals surface area contributed by atoms with Crippen LogP contribution in [-0.2, 0) is 16.7 Å². The Hall–Kier alpha value is -3.79. The zero-order valence-electron chi connectivity index (χ0n) is 20.5. The third-order valence-electron chi connectivity index (χ3n) is 5.11. The van der Waals surface area contributed by atoms with Crippen molar-refractivity contribution in [3.05, 3.63) is 78.1 Å². The molecule has 0 heterocycles. The quantitative estimate of drug-likeness (QED) is 0.368. The van der Waals surface area contributed by atoms with Gasteiger partial charge in [-0.15, -0.1) is 0 Å². The molecule has 0 fully saturated rings. The van der Waals surface area contributed by atoms with Gasteiger partial charge >= 0.3 is 16.1 Å². The Morgan fingerprint density at radius 2 is 1.69 bits per heavy atom. The topological polar surface area (TPSA) is 94.2 Å². The van der Waals surface area contributed by atoms with Crippen molar-refractivity contribution >= 4 is 21.8 Å². The first-order chi connectivity index (χ1) is 17.1. The second kappa shape index (κ2) is 11.8. The van der Waals surface area contributed by atoms with Gasteiger partial charge in [-0.25, -0.2) is 9.18 Å². The standard InChI is InChI=1S/C26H29FN2O6S/c1-18(2)16-29(26(30)28-23-10-5-6-11-25(23)34-4)17-19-8-7-9-20(14-19)35-36(31,32)21-12-13-24(33-3)22(27)15-21/h5-15,18H,16-17H2,1-4H3,(H,28,30). The largest absolute Gasteiger partial charge is 0.495 e. The second-order valence-corrected chi connectivity index (χ2v) is 9.93. The highest BCUT2D eigenvalue weighted by atomic mass is 32.2. The Balaban J connectivity index is 1.79. The van der Waals surface area contributed by atoms with E-state index in [0.29, 0.717) is 23.5 Å². The van der Waals surface area contributed by atoms with Gasteiger partial charge in [0.05, 0.1) is 19.9 Å². The fourth-order valence-electron chi connectivity index (χ4n) is 3.50. The number of ether oxygens (including phenoxy) is 2. The summed E-state index contributed by atoms with van der Waals surface area (Å²) in [5, 5.41) is 2.87. The van der Waals surface area contributed by atoms with Crippen LogP contribution in [0.1, 0.15) is 19.4 Å². The maximum atomic E-state index is 14.0. The molecule has 0 aromatic heterocycles. The molecule has 192 valence electrons. The number of urea groups is 1. The number of rotatable bonds is 10. The van der Waals surface area contributed by atoms with Crippen LogP contribution in [0.5, 0.6) is 17.2 Å². The highest BCUT2D eigenvalue weighted by molar-refractivity contribution is 7.87. The number of para-hydroxylation sites is 2. The van der Waals surface area contributed by atoms with Gasteiger partial charge in [0, 0.05) is 13.1 Å². The molecule has 8 nitrogen and oxygen atoms in total. The van der Waals surface area contributed by atoms with E-state index in [0.717, 1.165) is 6.07 Å². The van der Waals surface area contributed by atoms with Crippen molar-refractivity contribution in [2.24, 2.45) is 5.92 Å². The smallest absolute Gasteiger partial charge is 0.339 e. The average molecular weight is 517 g/mol. The predicted molar refractivity (Wildman–Crippen MR) is 134 cm³/mol. The molecule has 0 bridgehead atoms. The summed E-state index contributed by atoms with van der Waals surface area (Å²) in [6.07, 6.45) is 0. The summed E-state index contributed by atoms with van der Waals surface area (Å²) >= 11 is 0. The number of hydrogen-bond donors (Lipinski definition) is 1. The SMILES string of the molecule is COc1ccc(S(=O)(=O)Oc2cccc(CN(CC(C)C)C(=O)Nc3ccccc3OC)c2)cc1F. The fourth-order valence-corrected chi connectivity index (χ4v) is 4.43. The number of nitrogens with zero attached hydrogens (tertiary/aromatic N) is 1. The minimum absolute atomic E-state index is 0.0401. The van der Waals surface area contributed by atoms with Gasteiger partial charge in [-0.3, -0.25) is 0 Å². The molecule has 3 aromatic carbocycles. The summed E-state index contributed by atoms with van der Waals surface area (Å²) in [7, 11) is -1.48. The van der Waals surface area contributed by atoms with Gasteiger partial charge in [-0.2, -0.15) is 8.42 Å². The molecule has 36 heavy (non-hydrogen) atoms. The van der Waals surface area contributed by atoms with Crippen LogP contribution in [0.2, 0.25) is 0 Å². The van der Waals surface area contributed by atoms with Crippen LogP contribution in [-0.4, -0.2) is 40.1 Å². The van der Waals surface area contributed by atoms with Crippen molar-refractivity contribution in [1.82, 2.24) is 4.90 Å². The number of methoxy groups -OCH3 is 2. The minimum Gasteiger partial charge on any atom is -0.495 e. The summed E-state index contributed by atoms with van der Waals surface area (Å²) in [5.41, 5.74) is 1.19. The molecule has 2 amide bonds. The maximum Gasteiger partial charge on any atom is 0.339 e. The first kappa shape index (κ1) is 26.8. The van der Waals surface area contributed by atoms with Gasteiger partial charge in [0.15, 0.2) is 11.6 Å². The predicted octanol–water partition coefficient (Wildman–Crippen LogP) is 5.30. The summed E-state index contributed by atoms with van der Waals surface area (Å²) in [4.78, 5) is 14.4. The molecule has 3 aromatic rings. The number of amides is 2. The van der Waals surface area contributed by atoms with E-state index in [1.54, 1.807) is 41.3 Å². The number of carbonyl (C=O) groups excluding carboxylic acids is 1. The summed E-state index contributed by atoms with van der Waals surface area (Å²) < 4.78 is 54.8. The number of carbonyl (C=O) groups is 1. The molecule has 0 aliphatic rings. The number of nitrogens with one attached hydrogen (secondary N) is 1. The van der Waals surface area contributed by atoms with E-state index in [2.05, 4.69) is 5.32 Å². The lowest BCUT2D eigenvalue weighted by Crippen LogP contribution is -2.37. The Kier molecular flexibility index (Phi) is 8.76. The summed E-state index contributed by atoms with van der Waals surface area (Å²) in [6, 6.07) is 16.4. The third-order valence-corrected chi connectivity index (χ3v) is 6.35. The molecule has 0 atom stereocenters. The third kappa shape index (κ3) is 6.88. The van der Waals surface area contributed by atoms with Crippen molar-refractivity contribution in [3.8, 4) is 17.2 Å². The molecule has 0 unspecified atom stereocenters. The van der Waals surface area contributed by atoms with Crippen LogP contribution >= 0.6 is 0 Å². The zero-order chi connectivity index (χ0) is 26.3. The Morgan fingerprint density at radius 1 is 0.972 bits per heavy atom. The van der Waals surface area contributed by atoms with Crippen LogP contribution in [0.15, 0.2) is 71.6 Å². The Labute approximate surface area is 210 Å². The summed E-state index contributed by atoms with van der Waals surface area (Å²) in [6.45, 7) is 4.63. The minimum atomic E-state index is -4.29. The van der Waals surface area contributed by atoms with Crippen LogP contribution in [0.25, 0.3) is 0 Å². The molecule has 0 radical (unpaired) electrons. The summed E-state index contributed by atoms with van der Waals surface area (Å²) in [5.74, 6) is -0.142. The fraction of sp³-hybridized carbons (Fsp3) is 0.269. The van der Waals surface area contributed by atoms with Crippen LogP contribution in [0.4, 0.5) is 14.9 Å². The molecule has 3 rings (SSSR count). The average Bonchev–Trinajstić information content (AvgIpc) is 2.83. The second-order valence-electron chi connectivity index (χ2n) is 8.39. The Bertz CT molecular complexity index is 1310. The Morgan fingerprint density at radius 3 is 2.36 bits per heavy atom. The van der Waals surface area contributed by atoms with E-state index >= 15 is 0 Å². The van der Waals surface area contributed by atoms with E-state index in [-0.39, 0.29) is 34.9 Å². The van der Waals surface area contributed by atoms with Crippen LogP contribution < -0.4 is 19.0 Å². The lowest BCUT2D eigenvalue weighted by molar-refractivity contribution is 0.201. The first-order valence-corrected chi connectivity index (χ1v) is 12.6. The van der Waals surface area contributed by atoms with Gasteiger partial charge < -0.3 is 23.9 Å². The zero-order valence-corrected chi connectivity index (χ0v) is 21.3. The molecule has 10 heteroatoms. The van der Waals surface area contributed by atoms with Crippen LogP contribution in [0, 0.1) is 11.7 Å². The van der Waals surface area contributed by atoms with Gasteiger partial charge in [0.2, 0.25) is 0 Å². The number of halogens is 1. The highest BCUT2D eigenvalue weighted by Crippen LogP contribution is 2.26. The van der Waals surface area contributed by atoms with Gasteiger partial charge in [0.25, 0.3) is 0 Å². The maximum absolute atomic E-state index is 14.0. The lowest BCUT2D eigenvalue weighted by atomic mass is 10.1. The van der Waals surface area contributed by atoms with E-state index in [1.165, 1.54) is 38.5 Å². The van der Waals surface area contributed by atoms with E-state index < -0.39 is 15.9 Å². The molecule has 0 saturated carbocycles. The molecule has 0 aliphatic carbocycles. The number of benzene rings is 3. The van der Waals surface area contributed by atoms with Crippen molar-refractivity contribution in [3.63, 3.8) is 0 Å². The molecule has 0 saturated heterocycles. The van der Waals surface area contributed by atoms with Gasteiger partial charge in [-0.1, -0.05) is 38.1 Å². The molecule has 0 aliphatic heterocycles. The molecular weight excluding hydrogens is 487 g/mol. The lowest BCUT2D eigenvalue weighted by Gasteiger charge is -2.25. The van der Waals surface area contributed by atoms with Crippen LogP contribution in [0.3, 0.4) is 0 Å². The van der Waals surface area contributed by atoms with Gasteiger partial charge in [0.1, 0.15) is 16.4 Å². The molecular formula is C26H29FN2O6S. The van der Waals surface area contributed by atoms with Crippen molar-refractivity contribution < 1.29 is 31.3 Å².